The summed E-state index contributed by atoms with van der Waals surface area (Å²) < 4.78 is 11.4. The Hall–Kier alpha value is 0.110. The molecule has 2 N–H and O–H groups in total. The summed E-state index contributed by atoms with van der Waals surface area (Å²) in [5.41, 5.74) is 5.86. The van der Waals surface area contributed by atoms with Crippen LogP contribution in [0, 0.1) is 5.92 Å². The number of hydrogen-bond donors (Lipinski definition) is 1. The molecule has 0 spiro atoms. The first-order chi connectivity index (χ1) is 5.74. The van der Waals surface area contributed by atoms with Gasteiger partial charge >= 0.3 is 0 Å². The third-order valence-electron chi connectivity index (χ3n) is 2.33. The summed E-state index contributed by atoms with van der Waals surface area (Å²) in [5, 5.41) is 0. The first-order valence-electron chi connectivity index (χ1n) is 4.84. The molecule has 0 amide bonds. The monoisotopic (exact) mass is 189 g/mol. The van der Waals surface area contributed by atoms with Crippen molar-refractivity contribution in [2.75, 3.05) is 11.5 Å². The smallest absolute Gasteiger partial charge is 0.0389 e. The minimum Gasteiger partial charge on any atom is -0.327 e. The van der Waals surface area contributed by atoms with Crippen molar-refractivity contribution in [1.29, 1.82) is 0 Å². The molecule has 0 aromatic carbocycles. The Morgan fingerprint density at radius 1 is 1.58 bits per heavy atom. The highest BCUT2D eigenvalue weighted by Crippen LogP contribution is 2.31. The summed E-state index contributed by atoms with van der Waals surface area (Å²) in [6.07, 6.45) is 4.71. The number of hydrogen-bond acceptors (Lipinski definition) is 2. The topological polar surface area (TPSA) is 43.1 Å². The van der Waals surface area contributed by atoms with E-state index in [1.807, 2.05) is 0 Å². The molecule has 1 aliphatic carbocycles. The first kappa shape index (κ1) is 10.2. The second kappa shape index (κ2) is 4.97. The van der Waals surface area contributed by atoms with Crippen LogP contribution in [0.25, 0.3) is 0 Å². The molecule has 0 heterocycles. The van der Waals surface area contributed by atoms with Gasteiger partial charge in [0.2, 0.25) is 0 Å². The molecule has 12 heavy (non-hydrogen) atoms. The molecular formula is C9H19NOS. The summed E-state index contributed by atoms with van der Waals surface area (Å²) in [7, 11) is -0.656. The van der Waals surface area contributed by atoms with E-state index in [0.29, 0.717) is 5.92 Å². The van der Waals surface area contributed by atoms with Crippen molar-refractivity contribution in [3.63, 3.8) is 0 Å². The predicted molar refractivity (Wildman–Crippen MR) is 53.5 cm³/mol. The van der Waals surface area contributed by atoms with Crippen LogP contribution in [0.1, 0.15) is 32.6 Å². The fourth-order valence-corrected chi connectivity index (χ4v) is 2.74. The highest BCUT2D eigenvalue weighted by Gasteiger charge is 2.29. The third-order valence-corrected chi connectivity index (χ3v) is 3.83. The Balaban J connectivity index is 2.07. The molecular weight excluding hydrogens is 170 g/mol. The van der Waals surface area contributed by atoms with Crippen LogP contribution in [0.2, 0.25) is 0 Å². The van der Waals surface area contributed by atoms with Gasteiger partial charge in [-0.1, -0.05) is 13.3 Å². The van der Waals surface area contributed by atoms with Crippen molar-refractivity contribution >= 4 is 10.8 Å². The molecule has 3 heteroatoms. The number of nitrogens with two attached hydrogens (primary N) is 1. The van der Waals surface area contributed by atoms with E-state index in [2.05, 4.69) is 6.92 Å². The standard InChI is InChI=1S/C9H19NOS/c1-2-3-6-12(11)7-9(10)8-4-5-8/h8-9H,2-7,10H2,1H3. The molecule has 72 valence electrons. The average Bonchev–Trinajstić information content (AvgIpc) is 2.82. The molecule has 2 unspecified atom stereocenters. The van der Waals surface area contributed by atoms with Gasteiger partial charge in [-0.05, 0) is 25.2 Å². The van der Waals surface area contributed by atoms with Gasteiger partial charge in [-0.3, -0.25) is 4.21 Å². The molecule has 0 radical (unpaired) electrons. The zero-order valence-electron chi connectivity index (χ0n) is 7.79. The van der Waals surface area contributed by atoms with Crippen molar-refractivity contribution in [3.05, 3.63) is 0 Å². The van der Waals surface area contributed by atoms with E-state index in [-0.39, 0.29) is 6.04 Å². The lowest BCUT2D eigenvalue weighted by atomic mass is 10.2. The van der Waals surface area contributed by atoms with Crippen LogP contribution in [-0.4, -0.2) is 21.8 Å². The molecule has 1 aliphatic rings. The normalized spacial score (nSPS) is 22.2. The second-order valence-corrected chi connectivity index (χ2v) is 5.29. The maximum atomic E-state index is 11.4. The molecule has 1 rings (SSSR count). The second-order valence-electron chi connectivity index (χ2n) is 3.67. The molecule has 2 atom stereocenters. The van der Waals surface area contributed by atoms with Crippen LogP contribution in [-0.2, 0) is 10.8 Å². The van der Waals surface area contributed by atoms with E-state index < -0.39 is 10.8 Å². The maximum absolute atomic E-state index is 11.4. The number of rotatable bonds is 6. The van der Waals surface area contributed by atoms with Gasteiger partial charge in [0.15, 0.2) is 0 Å². The summed E-state index contributed by atoms with van der Waals surface area (Å²) >= 11 is 0. The highest BCUT2D eigenvalue weighted by molar-refractivity contribution is 7.85. The number of unbranched alkanes of at least 4 members (excludes halogenated alkanes) is 1. The largest absolute Gasteiger partial charge is 0.327 e. The Kier molecular flexibility index (Phi) is 4.22. The van der Waals surface area contributed by atoms with E-state index in [1.54, 1.807) is 0 Å². The molecule has 0 aromatic heterocycles. The van der Waals surface area contributed by atoms with E-state index in [4.69, 9.17) is 5.73 Å². The van der Waals surface area contributed by atoms with Crippen LogP contribution < -0.4 is 5.73 Å². The van der Waals surface area contributed by atoms with Crippen LogP contribution in [0.4, 0.5) is 0 Å². The maximum Gasteiger partial charge on any atom is 0.0389 e. The Labute approximate surface area is 77.4 Å². The van der Waals surface area contributed by atoms with Gasteiger partial charge in [0.1, 0.15) is 0 Å². The Morgan fingerprint density at radius 3 is 2.75 bits per heavy atom. The van der Waals surface area contributed by atoms with Crippen LogP contribution in [0.15, 0.2) is 0 Å². The molecule has 2 nitrogen and oxygen atoms in total. The lowest BCUT2D eigenvalue weighted by Crippen LogP contribution is -2.29. The van der Waals surface area contributed by atoms with Gasteiger partial charge in [0.05, 0.1) is 0 Å². The van der Waals surface area contributed by atoms with Crippen LogP contribution in [0.5, 0.6) is 0 Å². The summed E-state index contributed by atoms with van der Waals surface area (Å²) in [5.74, 6) is 2.26. The zero-order valence-corrected chi connectivity index (χ0v) is 8.61. The van der Waals surface area contributed by atoms with E-state index in [0.717, 1.165) is 24.3 Å². The third kappa shape index (κ3) is 3.68. The van der Waals surface area contributed by atoms with Gasteiger partial charge in [0, 0.05) is 28.3 Å². The van der Waals surface area contributed by atoms with E-state index >= 15 is 0 Å². The minimum absolute atomic E-state index is 0.211. The van der Waals surface area contributed by atoms with Crippen molar-refractivity contribution in [2.45, 2.75) is 38.6 Å². The lowest BCUT2D eigenvalue weighted by molar-refractivity contribution is 0.632. The molecule has 0 bridgehead atoms. The van der Waals surface area contributed by atoms with Gasteiger partial charge in [-0.25, -0.2) is 0 Å². The van der Waals surface area contributed by atoms with E-state index in [9.17, 15) is 4.21 Å². The first-order valence-corrected chi connectivity index (χ1v) is 6.33. The van der Waals surface area contributed by atoms with Gasteiger partial charge < -0.3 is 5.73 Å². The predicted octanol–water partition coefficient (Wildman–Crippen LogP) is 1.27. The highest BCUT2D eigenvalue weighted by atomic mass is 32.2. The quantitative estimate of drug-likeness (QED) is 0.684. The SMILES string of the molecule is CCCCS(=O)CC(N)C1CC1. The van der Waals surface area contributed by atoms with E-state index in [1.165, 1.54) is 12.8 Å². The van der Waals surface area contributed by atoms with Crippen molar-refractivity contribution < 1.29 is 4.21 Å². The van der Waals surface area contributed by atoms with Crippen LogP contribution in [0.3, 0.4) is 0 Å². The average molecular weight is 189 g/mol. The van der Waals surface area contributed by atoms with Gasteiger partial charge in [0.25, 0.3) is 0 Å². The molecule has 0 aromatic rings. The molecule has 1 fully saturated rings. The fraction of sp³-hybridized carbons (Fsp3) is 1.00. The summed E-state index contributed by atoms with van der Waals surface area (Å²) in [6, 6.07) is 0.211. The Bertz CT molecular complexity index is 157. The zero-order chi connectivity index (χ0) is 8.97. The molecule has 0 saturated heterocycles. The minimum atomic E-state index is -0.656. The summed E-state index contributed by atoms with van der Waals surface area (Å²) in [6.45, 7) is 2.12. The summed E-state index contributed by atoms with van der Waals surface area (Å²) in [4.78, 5) is 0. The molecule has 0 aliphatic heterocycles. The fourth-order valence-electron chi connectivity index (χ4n) is 1.26. The van der Waals surface area contributed by atoms with Crippen LogP contribution >= 0.6 is 0 Å². The van der Waals surface area contributed by atoms with Crippen molar-refractivity contribution in [2.24, 2.45) is 11.7 Å². The lowest BCUT2D eigenvalue weighted by Gasteiger charge is -2.08. The van der Waals surface area contributed by atoms with Crippen molar-refractivity contribution in [3.8, 4) is 0 Å². The Morgan fingerprint density at radius 2 is 2.25 bits per heavy atom. The van der Waals surface area contributed by atoms with Gasteiger partial charge in [-0.15, -0.1) is 0 Å². The molecule has 1 saturated carbocycles. The van der Waals surface area contributed by atoms with Crippen molar-refractivity contribution in [1.82, 2.24) is 0 Å². The van der Waals surface area contributed by atoms with Gasteiger partial charge in [-0.2, -0.15) is 0 Å².